The van der Waals surface area contributed by atoms with Gasteiger partial charge in [0.1, 0.15) is 5.75 Å². The van der Waals surface area contributed by atoms with Crippen LogP contribution in [0.5, 0.6) is 5.75 Å². The molecule has 0 radical (unpaired) electrons. The van der Waals surface area contributed by atoms with Crippen LogP contribution in [-0.2, 0) is 0 Å². The number of rotatable bonds is 6. The minimum Gasteiger partial charge on any atom is -0.491 e. The van der Waals surface area contributed by atoms with Crippen molar-refractivity contribution in [1.82, 2.24) is 14.5 Å². The summed E-state index contributed by atoms with van der Waals surface area (Å²) in [6, 6.07) is 0.406. The molecule has 2 heterocycles. The van der Waals surface area contributed by atoms with Crippen LogP contribution in [0.4, 0.5) is 0 Å². The van der Waals surface area contributed by atoms with E-state index in [0.29, 0.717) is 35.8 Å². The Balaban J connectivity index is 1.77. The molecule has 3 rings (SSSR count). The smallest absolute Gasteiger partial charge is 0.154 e. The SMILES string of the molecule is Cc1cncc(OCC2CCCCC2c2cncn2C(C)C)c1C=O. The summed E-state index contributed by atoms with van der Waals surface area (Å²) in [5.41, 5.74) is 2.77. The molecule has 1 aliphatic carbocycles. The van der Waals surface area contributed by atoms with Crippen molar-refractivity contribution in [2.24, 2.45) is 5.92 Å². The van der Waals surface area contributed by atoms with Crippen molar-refractivity contribution in [2.45, 2.75) is 58.4 Å². The Morgan fingerprint density at radius 3 is 2.80 bits per heavy atom. The fourth-order valence-electron chi connectivity index (χ4n) is 3.84. The Labute approximate surface area is 149 Å². The number of aryl methyl sites for hydroxylation is 1. The van der Waals surface area contributed by atoms with E-state index in [2.05, 4.69) is 28.4 Å². The number of carbonyl (C=O) groups is 1. The molecule has 0 bridgehead atoms. The van der Waals surface area contributed by atoms with Crippen molar-refractivity contribution in [3.05, 3.63) is 41.7 Å². The number of aromatic nitrogens is 3. The zero-order valence-electron chi connectivity index (χ0n) is 15.3. The molecule has 2 aromatic heterocycles. The molecule has 25 heavy (non-hydrogen) atoms. The van der Waals surface area contributed by atoms with Crippen LogP contribution in [0.2, 0.25) is 0 Å². The summed E-state index contributed by atoms with van der Waals surface area (Å²) >= 11 is 0. The highest BCUT2D eigenvalue weighted by atomic mass is 16.5. The molecule has 0 spiro atoms. The molecular formula is C20H27N3O2. The molecule has 1 fully saturated rings. The number of imidazole rings is 1. The van der Waals surface area contributed by atoms with Gasteiger partial charge < -0.3 is 9.30 Å². The number of aldehydes is 1. The molecule has 0 amide bonds. The van der Waals surface area contributed by atoms with E-state index >= 15 is 0 Å². The molecule has 0 saturated heterocycles. The molecule has 0 aliphatic heterocycles. The molecular weight excluding hydrogens is 314 g/mol. The number of carbonyl (C=O) groups excluding carboxylic acids is 1. The molecule has 2 unspecified atom stereocenters. The number of hydrogen-bond donors (Lipinski definition) is 0. The van der Waals surface area contributed by atoms with Gasteiger partial charge in [-0.25, -0.2) is 4.98 Å². The predicted octanol–water partition coefficient (Wildman–Crippen LogP) is 4.33. The lowest BCUT2D eigenvalue weighted by Crippen LogP contribution is -2.26. The van der Waals surface area contributed by atoms with E-state index in [0.717, 1.165) is 18.3 Å². The molecule has 2 aromatic rings. The fourth-order valence-corrected chi connectivity index (χ4v) is 3.84. The molecule has 1 aliphatic rings. The standard InChI is InChI=1S/C20H27N3O2/c1-14(2)23-13-22-9-19(23)17-7-5-4-6-16(17)12-25-20-10-21-8-15(3)18(20)11-24/h8-11,13-14,16-17H,4-7,12H2,1-3H3. The highest BCUT2D eigenvalue weighted by Crippen LogP contribution is 2.39. The first-order chi connectivity index (χ1) is 12.1. The molecule has 0 N–H and O–H groups in total. The lowest BCUT2D eigenvalue weighted by Gasteiger charge is -2.32. The largest absolute Gasteiger partial charge is 0.491 e. The first-order valence-electron chi connectivity index (χ1n) is 9.16. The third-order valence-corrected chi connectivity index (χ3v) is 5.26. The summed E-state index contributed by atoms with van der Waals surface area (Å²) in [5, 5.41) is 0. The molecule has 1 saturated carbocycles. The normalized spacial score (nSPS) is 20.6. The number of pyridine rings is 1. The second kappa shape index (κ2) is 7.81. The van der Waals surface area contributed by atoms with Gasteiger partial charge >= 0.3 is 0 Å². The Hall–Kier alpha value is -2.17. The molecule has 5 nitrogen and oxygen atoms in total. The first kappa shape index (κ1) is 17.6. The second-order valence-electron chi connectivity index (χ2n) is 7.27. The van der Waals surface area contributed by atoms with Crippen LogP contribution >= 0.6 is 0 Å². The van der Waals surface area contributed by atoms with Gasteiger partial charge in [-0.05, 0) is 39.2 Å². The maximum absolute atomic E-state index is 11.4. The van der Waals surface area contributed by atoms with Gasteiger partial charge in [-0.1, -0.05) is 12.8 Å². The Morgan fingerprint density at radius 2 is 2.04 bits per heavy atom. The molecule has 134 valence electrons. The van der Waals surface area contributed by atoms with Crippen LogP contribution in [-0.4, -0.2) is 27.4 Å². The van der Waals surface area contributed by atoms with Crippen LogP contribution in [0.1, 0.15) is 73.1 Å². The number of hydrogen-bond acceptors (Lipinski definition) is 4. The molecule has 2 atom stereocenters. The summed E-state index contributed by atoms with van der Waals surface area (Å²) in [4.78, 5) is 19.9. The van der Waals surface area contributed by atoms with Crippen LogP contribution < -0.4 is 4.74 Å². The quantitative estimate of drug-likeness (QED) is 0.734. The van der Waals surface area contributed by atoms with Gasteiger partial charge in [0.05, 0.1) is 24.7 Å². The van der Waals surface area contributed by atoms with Crippen LogP contribution in [0, 0.1) is 12.8 Å². The highest BCUT2D eigenvalue weighted by Gasteiger charge is 2.30. The number of ether oxygens (including phenoxy) is 1. The van der Waals surface area contributed by atoms with Gasteiger partial charge in [-0.2, -0.15) is 0 Å². The first-order valence-corrected chi connectivity index (χ1v) is 9.16. The van der Waals surface area contributed by atoms with Crippen molar-refractivity contribution in [3.63, 3.8) is 0 Å². The van der Waals surface area contributed by atoms with E-state index in [-0.39, 0.29) is 0 Å². The minimum absolute atomic E-state index is 0.406. The van der Waals surface area contributed by atoms with Crippen LogP contribution in [0.3, 0.4) is 0 Å². The van der Waals surface area contributed by atoms with Gasteiger partial charge in [0.2, 0.25) is 0 Å². The van der Waals surface area contributed by atoms with Crippen molar-refractivity contribution >= 4 is 6.29 Å². The average Bonchev–Trinajstić information content (AvgIpc) is 3.10. The molecule has 0 aromatic carbocycles. The maximum Gasteiger partial charge on any atom is 0.154 e. The summed E-state index contributed by atoms with van der Waals surface area (Å²) in [5.74, 6) is 1.48. The average molecular weight is 341 g/mol. The highest BCUT2D eigenvalue weighted by molar-refractivity contribution is 5.81. The van der Waals surface area contributed by atoms with Gasteiger partial charge in [0.25, 0.3) is 0 Å². The van der Waals surface area contributed by atoms with Crippen molar-refractivity contribution in [1.29, 1.82) is 0 Å². The van der Waals surface area contributed by atoms with Crippen molar-refractivity contribution < 1.29 is 9.53 Å². The lowest BCUT2D eigenvalue weighted by molar-refractivity contribution is 0.111. The third-order valence-electron chi connectivity index (χ3n) is 5.26. The summed E-state index contributed by atoms with van der Waals surface area (Å²) in [6.45, 7) is 6.87. The van der Waals surface area contributed by atoms with E-state index in [4.69, 9.17) is 4.74 Å². The number of nitrogens with zero attached hydrogens (tertiary/aromatic N) is 3. The molecule has 5 heteroatoms. The van der Waals surface area contributed by atoms with E-state index < -0.39 is 0 Å². The van der Waals surface area contributed by atoms with Gasteiger partial charge in [-0.3, -0.25) is 9.78 Å². The Kier molecular flexibility index (Phi) is 5.51. The fraction of sp³-hybridized carbons (Fsp3) is 0.550. The van der Waals surface area contributed by atoms with Gasteiger partial charge in [0.15, 0.2) is 6.29 Å². The Bertz CT molecular complexity index is 723. The van der Waals surface area contributed by atoms with Crippen LogP contribution in [0.15, 0.2) is 24.9 Å². The lowest BCUT2D eigenvalue weighted by atomic mass is 9.78. The zero-order chi connectivity index (χ0) is 17.8. The summed E-state index contributed by atoms with van der Waals surface area (Å²) in [6.07, 6.45) is 12.9. The summed E-state index contributed by atoms with van der Waals surface area (Å²) in [7, 11) is 0. The van der Waals surface area contributed by atoms with E-state index in [1.165, 1.54) is 25.0 Å². The zero-order valence-corrected chi connectivity index (χ0v) is 15.3. The predicted molar refractivity (Wildman–Crippen MR) is 97.2 cm³/mol. The monoisotopic (exact) mass is 341 g/mol. The van der Waals surface area contributed by atoms with E-state index in [1.54, 1.807) is 12.4 Å². The van der Waals surface area contributed by atoms with Gasteiger partial charge in [-0.15, -0.1) is 0 Å². The second-order valence-corrected chi connectivity index (χ2v) is 7.27. The maximum atomic E-state index is 11.4. The van der Waals surface area contributed by atoms with Crippen LogP contribution in [0.25, 0.3) is 0 Å². The summed E-state index contributed by atoms with van der Waals surface area (Å²) < 4.78 is 8.33. The minimum atomic E-state index is 0.406. The Morgan fingerprint density at radius 1 is 1.24 bits per heavy atom. The third kappa shape index (κ3) is 3.75. The topological polar surface area (TPSA) is 57.0 Å². The van der Waals surface area contributed by atoms with Crippen molar-refractivity contribution in [2.75, 3.05) is 6.61 Å². The van der Waals surface area contributed by atoms with E-state index in [9.17, 15) is 4.79 Å². The van der Waals surface area contributed by atoms with E-state index in [1.807, 2.05) is 19.4 Å². The van der Waals surface area contributed by atoms with Gasteiger partial charge in [0, 0.05) is 36.0 Å². The van der Waals surface area contributed by atoms with Crippen molar-refractivity contribution in [3.8, 4) is 5.75 Å².